The van der Waals surface area contributed by atoms with Crippen LogP contribution in [0, 0.1) is 15.4 Å². The maximum Gasteiger partial charge on any atom is 0.407 e. The highest BCUT2D eigenvalue weighted by molar-refractivity contribution is 14.1. The van der Waals surface area contributed by atoms with Crippen molar-refractivity contribution < 1.29 is 14.3 Å². The van der Waals surface area contributed by atoms with E-state index in [0.717, 1.165) is 40.7 Å². The highest BCUT2D eigenvalue weighted by Gasteiger charge is 2.40. The highest BCUT2D eigenvalue weighted by atomic mass is 127. The summed E-state index contributed by atoms with van der Waals surface area (Å²) in [5.41, 5.74) is 1.09. The summed E-state index contributed by atoms with van der Waals surface area (Å²) in [7, 11) is 1.70. The van der Waals surface area contributed by atoms with Crippen LogP contribution in [0.25, 0.3) is 0 Å². The van der Waals surface area contributed by atoms with E-state index in [2.05, 4.69) is 47.0 Å². The van der Waals surface area contributed by atoms with Crippen LogP contribution in [0.5, 0.6) is 0 Å². The van der Waals surface area contributed by atoms with Crippen molar-refractivity contribution in [2.75, 3.05) is 7.11 Å². The van der Waals surface area contributed by atoms with Gasteiger partial charge in [0, 0.05) is 16.7 Å². The zero-order valence-electron chi connectivity index (χ0n) is 15.7. The number of carbonyl (C=O) groups is 1. The molecule has 0 aliphatic heterocycles. The fraction of sp³-hybridized carbons (Fsp3) is 0.667. The van der Waals surface area contributed by atoms with Crippen LogP contribution in [0.1, 0.15) is 63.5 Å². The number of unbranched alkanes of at least 4 members (excludes halogenated alkanes) is 1. The molecule has 4 nitrogen and oxygen atoms in total. The lowest BCUT2D eigenvalue weighted by Gasteiger charge is -2.29. The zero-order valence-corrected chi connectivity index (χ0v) is 17.9. The first-order chi connectivity index (χ1) is 12.6. The molecule has 2 aliphatic carbocycles. The molecule has 1 N–H and O–H groups in total. The van der Waals surface area contributed by atoms with Crippen LogP contribution in [-0.4, -0.2) is 25.3 Å². The van der Waals surface area contributed by atoms with E-state index in [1.807, 2.05) is 12.1 Å². The summed E-state index contributed by atoms with van der Waals surface area (Å²) in [6.07, 6.45) is 7.06. The van der Waals surface area contributed by atoms with Gasteiger partial charge in [0.1, 0.15) is 12.2 Å². The van der Waals surface area contributed by atoms with Crippen LogP contribution in [0.4, 0.5) is 4.79 Å². The fourth-order valence-corrected chi connectivity index (χ4v) is 5.30. The third kappa shape index (κ3) is 4.71. The summed E-state index contributed by atoms with van der Waals surface area (Å²) < 4.78 is 12.8. The summed E-state index contributed by atoms with van der Waals surface area (Å²) >= 11 is 2.32. The Morgan fingerprint density at radius 2 is 2.12 bits per heavy atom. The Bertz CT molecular complexity index is 609. The van der Waals surface area contributed by atoms with Gasteiger partial charge in [-0.1, -0.05) is 38.0 Å². The lowest BCUT2D eigenvalue weighted by atomic mass is 9.95. The maximum absolute atomic E-state index is 12.6. The molecule has 5 atom stereocenters. The van der Waals surface area contributed by atoms with E-state index >= 15 is 0 Å². The van der Waals surface area contributed by atoms with Crippen molar-refractivity contribution in [3.05, 3.63) is 33.4 Å². The van der Waals surface area contributed by atoms with Crippen molar-refractivity contribution in [3.8, 4) is 0 Å². The van der Waals surface area contributed by atoms with Gasteiger partial charge in [-0.3, -0.25) is 0 Å². The molecule has 3 rings (SSSR count). The third-order valence-electron chi connectivity index (χ3n) is 5.95. The summed E-state index contributed by atoms with van der Waals surface area (Å²) in [5, 5.41) is 3.14. The first-order valence-electron chi connectivity index (χ1n) is 9.86. The van der Waals surface area contributed by atoms with Crippen molar-refractivity contribution in [2.45, 2.75) is 70.1 Å². The van der Waals surface area contributed by atoms with Crippen LogP contribution >= 0.6 is 22.6 Å². The Kier molecular flexibility index (Phi) is 7.20. The van der Waals surface area contributed by atoms with Crippen molar-refractivity contribution in [1.29, 1.82) is 0 Å². The van der Waals surface area contributed by atoms with Gasteiger partial charge < -0.3 is 14.8 Å². The molecule has 2 fully saturated rings. The molecular formula is C21H30INO3. The van der Waals surface area contributed by atoms with E-state index in [-0.39, 0.29) is 18.3 Å². The second kappa shape index (κ2) is 9.40. The predicted octanol–water partition coefficient (Wildman–Crippen LogP) is 5.45. The second-order valence-corrected chi connectivity index (χ2v) is 8.85. The molecule has 3 unspecified atom stereocenters. The summed E-state index contributed by atoms with van der Waals surface area (Å²) in [6, 6.07) is 8.45. The molecule has 0 heterocycles. The van der Waals surface area contributed by atoms with Gasteiger partial charge in [-0.05, 0) is 78.2 Å². The molecule has 26 heavy (non-hydrogen) atoms. The number of halogens is 1. The van der Waals surface area contributed by atoms with Crippen LogP contribution in [0.15, 0.2) is 24.3 Å². The Morgan fingerprint density at radius 1 is 1.31 bits per heavy atom. The number of benzene rings is 1. The Balaban J connectivity index is 1.66. The minimum absolute atomic E-state index is 0.236. The minimum atomic E-state index is -0.281. The number of rotatable bonds is 8. The molecule has 0 aromatic heterocycles. The fourth-order valence-electron chi connectivity index (χ4n) is 4.61. The minimum Gasteiger partial charge on any atom is -0.443 e. The third-order valence-corrected chi connectivity index (χ3v) is 6.93. The van der Waals surface area contributed by atoms with Gasteiger partial charge in [-0.2, -0.15) is 0 Å². The van der Waals surface area contributed by atoms with E-state index in [9.17, 15) is 4.79 Å². The predicted molar refractivity (Wildman–Crippen MR) is 111 cm³/mol. The van der Waals surface area contributed by atoms with Crippen LogP contribution in [-0.2, 0) is 9.47 Å². The molecule has 5 heteroatoms. The molecule has 1 aromatic carbocycles. The van der Waals surface area contributed by atoms with E-state index in [0.29, 0.717) is 12.0 Å². The molecular weight excluding hydrogens is 441 g/mol. The van der Waals surface area contributed by atoms with Gasteiger partial charge >= 0.3 is 6.09 Å². The Hall–Kier alpha value is -0.820. The largest absolute Gasteiger partial charge is 0.443 e. The monoisotopic (exact) mass is 471 g/mol. The average molecular weight is 471 g/mol. The smallest absolute Gasteiger partial charge is 0.407 e. The standard InChI is InChI=1S/C21H30INO3/c1-3-4-9-19(20(25-2)16-7-5-6-8-17(16)22)26-21(24)23-18-13-14-10-11-15(18)12-14/h5-8,14-15,18-20H,3-4,9-13H2,1-2H3,(H,23,24)/t14?,15?,18?,19-,20-/m0/s1. The van der Waals surface area contributed by atoms with Gasteiger partial charge in [-0.25, -0.2) is 4.79 Å². The van der Waals surface area contributed by atoms with Crippen molar-refractivity contribution >= 4 is 28.7 Å². The van der Waals surface area contributed by atoms with Gasteiger partial charge in [0.2, 0.25) is 0 Å². The van der Waals surface area contributed by atoms with E-state index in [4.69, 9.17) is 9.47 Å². The molecule has 2 aliphatic rings. The molecule has 0 radical (unpaired) electrons. The molecule has 1 aromatic rings. The van der Waals surface area contributed by atoms with Crippen LogP contribution in [0.3, 0.4) is 0 Å². The number of amides is 1. The van der Waals surface area contributed by atoms with Crippen molar-refractivity contribution in [1.82, 2.24) is 5.32 Å². The maximum atomic E-state index is 12.6. The van der Waals surface area contributed by atoms with E-state index in [1.54, 1.807) is 7.11 Å². The molecule has 2 bridgehead atoms. The second-order valence-electron chi connectivity index (χ2n) is 7.69. The number of fused-ring (bicyclic) bond motifs is 2. The summed E-state index contributed by atoms with van der Waals surface area (Å²) in [6.45, 7) is 2.15. The molecule has 0 spiro atoms. The summed E-state index contributed by atoms with van der Waals surface area (Å²) in [5.74, 6) is 1.45. The normalized spacial score (nSPS) is 26.5. The van der Waals surface area contributed by atoms with Gasteiger partial charge in [-0.15, -0.1) is 0 Å². The zero-order chi connectivity index (χ0) is 18.5. The average Bonchev–Trinajstić information content (AvgIpc) is 3.24. The highest BCUT2D eigenvalue weighted by Crippen LogP contribution is 2.44. The number of alkyl carbamates (subject to hydrolysis) is 1. The molecule has 1 amide bonds. The SMILES string of the molecule is CCCC[C@H](OC(=O)NC1CC2CCC1C2)[C@@H](OC)c1ccccc1I. The van der Waals surface area contributed by atoms with Gasteiger partial charge in [0.05, 0.1) is 0 Å². The van der Waals surface area contributed by atoms with Gasteiger partial charge in [0.25, 0.3) is 0 Å². The van der Waals surface area contributed by atoms with E-state index < -0.39 is 0 Å². The number of hydrogen-bond donors (Lipinski definition) is 1. The van der Waals surface area contributed by atoms with Crippen molar-refractivity contribution in [2.24, 2.45) is 11.8 Å². The Morgan fingerprint density at radius 3 is 2.73 bits per heavy atom. The molecule has 0 saturated heterocycles. The van der Waals surface area contributed by atoms with Crippen LogP contribution in [0.2, 0.25) is 0 Å². The molecule has 144 valence electrons. The number of nitrogens with one attached hydrogen (secondary N) is 1. The lowest BCUT2D eigenvalue weighted by Crippen LogP contribution is -2.41. The first-order valence-corrected chi connectivity index (χ1v) is 10.9. The Labute approximate surface area is 170 Å². The summed E-state index contributed by atoms with van der Waals surface area (Å²) in [4.78, 5) is 12.6. The number of hydrogen-bond acceptors (Lipinski definition) is 3. The van der Waals surface area contributed by atoms with Gasteiger partial charge in [0.15, 0.2) is 0 Å². The van der Waals surface area contributed by atoms with E-state index in [1.165, 1.54) is 19.3 Å². The number of methoxy groups -OCH3 is 1. The number of ether oxygens (including phenoxy) is 2. The topological polar surface area (TPSA) is 47.6 Å². The number of carbonyl (C=O) groups excluding carboxylic acids is 1. The lowest BCUT2D eigenvalue weighted by molar-refractivity contribution is -0.0299. The quantitative estimate of drug-likeness (QED) is 0.513. The molecule has 2 saturated carbocycles. The van der Waals surface area contributed by atoms with Crippen LogP contribution < -0.4 is 5.32 Å². The van der Waals surface area contributed by atoms with Crippen molar-refractivity contribution in [3.63, 3.8) is 0 Å². The first kappa shape index (κ1) is 19.9.